The maximum absolute atomic E-state index is 11.9. The number of carbonyl (C=O) groups is 1. The minimum atomic E-state index is -0.284. The molecule has 0 aliphatic heterocycles. The molecular formula is C15H23NO3. The minimum absolute atomic E-state index is 0.188. The second-order valence-electron chi connectivity index (χ2n) is 4.32. The van der Waals surface area contributed by atoms with Crippen LogP contribution in [0.5, 0.6) is 5.75 Å². The van der Waals surface area contributed by atoms with Gasteiger partial charge in [-0.1, -0.05) is 19.8 Å². The predicted molar refractivity (Wildman–Crippen MR) is 76.6 cm³/mol. The van der Waals surface area contributed by atoms with Gasteiger partial charge in [0.05, 0.1) is 13.7 Å². The van der Waals surface area contributed by atoms with Gasteiger partial charge in [0.25, 0.3) is 0 Å². The number of anilines is 1. The molecule has 0 heterocycles. The Morgan fingerprint density at radius 2 is 1.95 bits per heavy atom. The Hall–Kier alpha value is -1.71. The number of rotatable bonds is 8. The topological polar surface area (TPSA) is 47.6 Å². The van der Waals surface area contributed by atoms with Crippen LogP contribution in [0.3, 0.4) is 0 Å². The number of esters is 1. The van der Waals surface area contributed by atoms with Crippen LogP contribution in [-0.4, -0.2) is 25.7 Å². The summed E-state index contributed by atoms with van der Waals surface area (Å²) in [4.78, 5) is 11.9. The van der Waals surface area contributed by atoms with Crippen molar-refractivity contribution in [3.05, 3.63) is 24.3 Å². The third-order valence-electron chi connectivity index (χ3n) is 2.85. The first kappa shape index (κ1) is 15.3. The molecule has 1 N–H and O–H groups in total. The Bertz CT molecular complexity index is 375. The van der Waals surface area contributed by atoms with Gasteiger partial charge < -0.3 is 14.8 Å². The van der Waals surface area contributed by atoms with Crippen LogP contribution in [0.2, 0.25) is 0 Å². The van der Waals surface area contributed by atoms with E-state index in [4.69, 9.17) is 9.47 Å². The standard InChI is InChI=1S/C15H23NO3/c1-4-6-7-14(15(17)19-5-2)16-12-8-10-13(18-3)11-9-12/h8-11,14,16H,4-7H2,1-3H3. The highest BCUT2D eigenvalue weighted by atomic mass is 16.5. The highest BCUT2D eigenvalue weighted by Crippen LogP contribution is 2.17. The third kappa shape index (κ3) is 5.20. The van der Waals surface area contributed by atoms with Crippen LogP contribution < -0.4 is 10.1 Å². The van der Waals surface area contributed by atoms with Crippen molar-refractivity contribution in [1.29, 1.82) is 0 Å². The molecule has 0 amide bonds. The van der Waals surface area contributed by atoms with E-state index in [-0.39, 0.29) is 12.0 Å². The molecule has 4 nitrogen and oxygen atoms in total. The third-order valence-corrected chi connectivity index (χ3v) is 2.85. The summed E-state index contributed by atoms with van der Waals surface area (Å²) >= 11 is 0. The lowest BCUT2D eigenvalue weighted by molar-refractivity contribution is -0.144. The van der Waals surface area contributed by atoms with Crippen LogP contribution in [0.1, 0.15) is 33.1 Å². The van der Waals surface area contributed by atoms with E-state index in [9.17, 15) is 4.79 Å². The van der Waals surface area contributed by atoms with Gasteiger partial charge in [0.1, 0.15) is 11.8 Å². The smallest absolute Gasteiger partial charge is 0.328 e. The van der Waals surface area contributed by atoms with Gasteiger partial charge in [0, 0.05) is 5.69 Å². The molecule has 0 fully saturated rings. The van der Waals surface area contributed by atoms with Gasteiger partial charge >= 0.3 is 5.97 Å². The number of nitrogens with one attached hydrogen (secondary N) is 1. The van der Waals surface area contributed by atoms with Crippen LogP contribution >= 0.6 is 0 Å². The molecule has 4 heteroatoms. The number of methoxy groups -OCH3 is 1. The second-order valence-corrected chi connectivity index (χ2v) is 4.32. The van der Waals surface area contributed by atoms with E-state index < -0.39 is 0 Å². The lowest BCUT2D eigenvalue weighted by atomic mass is 10.1. The van der Waals surface area contributed by atoms with Crippen molar-refractivity contribution in [3.63, 3.8) is 0 Å². The maximum Gasteiger partial charge on any atom is 0.328 e. The second kappa shape index (κ2) is 8.40. The Kier molecular flexibility index (Phi) is 6.79. The van der Waals surface area contributed by atoms with Gasteiger partial charge in [-0.3, -0.25) is 0 Å². The van der Waals surface area contributed by atoms with Gasteiger partial charge in [-0.05, 0) is 37.6 Å². The maximum atomic E-state index is 11.9. The zero-order valence-corrected chi connectivity index (χ0v) is 11.9. The van der Waals surface area contributed by atoms with Crippen LogP contribution in [0, 0.1) is 0 Å². The van der Waals surface area contributed by atoms with Crippen molar-refractivity contribution in [3.8, 4) is 5.75 Å². The summed E-state index contributed by atoms with van der Waals surface area (Å²) in [5.74, 6) is 0.610. The van der Waals surface area contributed by atoms with Crippen molar-refractivity contribution >= 4 is 11.7 Å². The molecule has 1 rings (SSSR count). The Morgan fingerprint density at radius 3 is 2.47 bits per heavy atom. The molecule has 0 saturated carbocycles. The largest absolute Gasteiger partial charge is 0.497 e. The first-order chi connectivity index (χ1) is 9.21. The van der Waals surface area contributed by atoms with Crippen molar-refractivity contribution in [2.75, 3.05) is 19.0 Å². The van der Waals surface area contributed by atoms with Crippen molar-refractivity contribution < 1.29 is 14.3 Å². The number of hydrogen-bond donors (Lipinski definition) is 1. The Morgan fingerprint density at radius 1 is 1.26 bits per heavy atom. The Balaban J connectivity index is 2.66. The first-order valence-corrected chi connectivity index (χ1v) is 6.78. The number of hydrogen-bond acceptors (Lipinski definition) is 4. The molecule has 0 aromatic heterocycles. The Labute approximate surface area is 115 Å². The van der Waals surface area contributed by atoms with Crippen LogP contribution in [0.4, 0.5) is 5.69 Å². The van der Waals surface area contributed by atoms with E-state index in [1.807, 2.05) is 31.2 Å². The van der Waals surface area contributed by atoms with Crippen molar-refractivity contribution in [1.82, 2.24) is 0 Å². The first-order valence-electron chi connectivity index (χ1n) is 6.78. The van der Waals surface area contributed by atoms with E-state index >= 15 is 0 Å². The van der Waals surface area contributed by atoms with Gasteiger partial charge in [0.15, 0.2) is 0 Å². The zero-order chi connectivity index (χ0) is 14.1. The fourth-order valence-electron chi connectivity index (χ4n) is 1.79. The van der Waals surface area contributed by atoms with Gasteiger partial charge in [-0.15, -0.1) is 0 Å². The van der Waals surface area contributed by atoms with Gasteiger partial charge in [-0.25, -0.2) is 4.79 Å². The summed E-state index contributed by atoms with van der Waals surface area (Å²) in [7, 11) is 1.63. The molecule has 19 heavy (non-hydrogen) atoms. The summed E-state index contributed by atoms with van der Waals surface area (Å²) < 4.78 is 10.2. The monoisotopic (exact) mass is 265 g/mol. The number of unbranched alkanes of at least 4 members (excludes halogenated alkanes) is 1. The number of benzene rings is 1. The molecule has 106 valence electrons. The highest BCUT2D eigenvalue weighted by Gasteiger charge is 2.18. The normalized spacial score (nSPS) is 11.7. The van der Waals surface area contributed by atoms with Gasteiger partial charge in [0.2, 0.25) is 0 Å². The molecule has 0 bridgehead atoms. The fourth-order valence-corrected chi connectivity index (χ4v) is 1.79. The number of carbonyl (C=O) groups excluding carboxylic acids is 1. The molecule has 0 spiro atoms. The molecule has 0 radical (unpaired) electrons. The molecule has 1 aromatic rings. The summed E-state index contributed by atoms with van der Waals surface area (Å²) in [5.41, 5.74) is 0.898. The van der Waals surface area contributed by atoms with E-state index in [2.05, 4.69) is 12.2 Å². The van der Waals surface area contributed by atoms with E-state index in [0.29, 0.717) is 6.61 Å². The van der Waals surface area contributed by atoms with Crippen molar-refractivity contribution in [2.45, 2.75) is 39.2 Å². The lowest BCUT2D eigenvalue weighted by Gasteiger charge is -2.18. The summed E-state index contributed by atoms with van der Waals surface area (Å²) in [6.07, 6.45) is 2.83. The number of ether oxygens (including phenoxy) is 2. The quantitative estimate of drug-likeness (QED) is 0.733. The predicted octanol–water partition coefficient (Wildman–Crippen LogP) is 3.23. The summed E-state index contributed by atoms with van der Waals surface area (Å²) in [6.45, 7) is 4.34. The highest BCUT2D eigenvalue weighted by molar-refractivity contribution is 5.79. The molecule has 0 aliphatic carbocycles. The van der Waals surface area contributed by atoms with Gasteiger partial charge in [-0.2, -0.15) is 0 Å². The molecule has 0 saturated heterocycles. The lowest BCUT2D eigenvalue weighted by Crippen LogP contribution is -2.31. The summed E-state index contributed by atoms with van der Waals surface area (Å²) in [5, 5.41) is 3.22. The summed E-state index contributed by atoms with van der Waals surface area (Å²) in [6, 6.07) is 7.25. The average molecular weight is 265 g/mol. The molecule has 0 aliphatic rings. The van der Waals surface area contributed by atoms with Crippen LogP contribution in [-0.2, 0) is 9.53 Å². The van der Waals surface area contributed by atoms with Crippen molar-refractivity contribution in [2.24, 2.45) is 0 Å². The van der Waals surface area contributed by atoms with E-state index in [1.165, 1.54) is 0 Å². The SMILES string of the molecule is CCCCC(Nc1ccc(OC)cc1)C(=O)OCC. The van der Waals surface area contributed by atoms with E-state index in [1.54, 1.807) is 7.11 Å². The van der Waals surface area contributed by atoms with Crippen LogP contribution in [0.25, 0.3) is 0 Å². The van der Waals surface area contributed by atoms with E-state index in [0.717, 1.165) is 30.7 Å². The fraction of sp³-hybridized carbons (Fsp3) is 0.533. The minimum Gasteiger partial charge on any atom is -0.497 e. The molecule has 1 unspecified atom stereocenters. The van der Waals surface area contributed by atoms with Crippen LogP contribution in [0.15, 0.2) is 24.3 Å². The molecule has 1 aromatic carbocycles. The molecular weight excluding hydrogens is 242 g/mol. The zero-order valence-electron chi connectivity index (χ0n) is 11.9. The molecule has 1 atom stereocenters. The average Bonchev–Trinajstić information content (AvgIpc) is 2.44.